The molecule has 0 spiro atoms. The van der Waals surface area contributed by atoms with Gasteiger partial charge in [0.2, 0.25) is 0 Å². The van der Waals surface area contributed by atoms with Crippen molar-refractivity contribution >= 4 is 0 Å². The zero-order chi connectivity index (χ0) is 12.3. The highest BCUT2D eigenvalue weighted by Gasteiger charge is 2.38. The van der Waals surface area contributed by atoms with E-state index in [9.17, 15) is 8.78 Å². The molecule has 1 saturated carbocycles. The molecule has 0 bridgehead atoms. The fourth-order valence-corrected chi connectivity index (χ4v) is 2.12. The quantitative estimate of drug-likeness (QED) is 0.855. The van der Waals surface area contributed by atoms with Crippen molar-refractivity contribution in [1.29, 1.82) is 0 Å². The van der Waals surface area contributed by atoms with Gasteiger partial charge in [-0.2, -0.15) is 0 Å². The third-order valence-electron chi connectivity index (χ3n) is 3.32. The predicted octanol–water partition coefficient (Wildman–Crippen LogP) is 2.88. The fourth-order valence-electron chi connectivity index (χ4n) is 2.12. The molecule has 0 unspecified atom stereocenters. The maximum absolute atomic E-state index is 13.1. The van der Waals surface area contributed by atoms with Gasteiger partial charge >= 0.3 is 0 Å². The van der Waals surface area contributed by atoms with Crippen molar-refractivity contribution in [2.75, 3.05) is 13.6 Å². The third-order valence-corrected chi connectivity index (χ3v) is 3.32. The second-order valence-electron chi connectivity index (χ2n) is 4.57. The highest BCUT2D eigenvalue weighted by atomic mass is 19.2. The number of rotatable bonds is 5. The lowest BCUT2D eigenvalue weighted by Gasteiger charge is -2.42. The first-order valence-corrected chi connectivity index (χ1v) is 5.94. The molecule has 4 heteroatoms. The van der Waals surface area contributed by atoms with Gasteiger partial charge in [0.05, 0.1) is 0 Å². The van der Waals surface area contributed by atoms with Crippen molar-refractivity contribution in [3.63, 3.8) is 0 Å². The average Bonchev–Trinajstić information content (AvgIpc) is 2.27. The zero-order valence-electron chi connectivity index (χ0n) is 9.93. The Hall–Kier alpha value is -1.16. The molecule has 94 valence electrons. The van der Waals surface area contributed by atoms with Gasteiger partial charge in [0.25, 0.3) is 0 Å². The molecule has 0 heterocycles. The molecule has 0 amide bonds. The Morgan fingerprint density at radius 1 is 1.29 bits per heavy atom. The molecular weight excluding hydrogens is 224 g/mol. The van der Waals surface area contributed by atoms with Crippen LogP contribution in [0, 0.1) is 11.6 Å². The normalized spacial score (nSPS) is 17.6. The number of ether oxygens (including phenoxy) is 1. The Morgan fingerprint density at radius 3 is 2.59 bits per heavy atom. The molecule has 1 fully saturated rings. The average molecular weight is 241 g/mol. The summed E-state index contributed by atoms with van der Waals surface area (Å²) in [6.45, 7) is 0.865. The maximum atomic E-state index is 13.1. The minimum Gasteiger partial charge on any atom is -0.487 e. The summed E-state index contributed by atoms with van der Waals surface area (Å²) >= 11 is 0. The molecule has 1 N–H and O–H groups in total. The number of hydrogen-bond donors (Lipinski definition) is 1. The fraction of sp³-hybridized carbons (Fsp3) is 0.538. The Balaban J connectivity index is 2.05. The molecule has 0 radical (unpaired) electrons. The summed E-state index contributed by atoms with van der Waals surface area (Å²) in [6, 6.07) is 3.71. The Labute approximate surface area is 100.0 Å². The highest BCUT2D eigenvalue weighted by Crippen LogP contribution is 2.39. The summed E-state index contributed by atoms with van der Waals surface area (Å²) in [4.78, 5) is 0. The topological polar surface area (TPSA) is 21.3 Å². The molecule has 0 saturated heterocycles. The Kier molecular flexibility index (Phi) is 3.62. The molecule has 1 aliphatic rings. The number of benzene rings is 1. The first-order chi connectivity index (χ1) is 8.15. The lowest BCUT2D eigenvalue weighted by Crippen LogP contribution is -2.45. The van der Waals surface area contributed by atoms with Gasteiger partial charge in [0, 0.05) is 6.07 Å². The van der Waals surface area contributed by atoms with Crippen LogP contribution >= 0.6 is 0 Å². The van der Waals surface area contributed by atoms with E-state index in [-0.39, 0.29) is 5.60 Å². The van der Waals surface area contributed by atoms with Crippen molar-refractivity contribution < 1.29 is 13.5 Å². The number of hydrogen-bond acceptors (Lipinski definition) is 2. The minimum absolute atomic E-state index is 0.187. The molecule has 1 aliphatic carbocycles. The second-order valence-corrected chi connectivity index (χ2v) is 4.57. The number of nitrogens with one attached hydrogen (secondary N) is 1. The summed E-state index contributed by atoms with van der Waals surface area (Å²) in [5.74, 6) is -1.28. The van der Waals surface area contributed by atoms with Crippen molar-refractivity contribution in [3.8, 4) is 5.75 Å². The van der Waals surface area contributed by atoms with Gasteiger partial charge in [-0.3, -0.25) is 0 Å². The highest BCUT2D eigenvalue weighted by molar-refractivity contribution is 5.25. The molecule has 1 aromatic rings. The van der Waals surface area contributed by atoms with Crippen LogP contribution in [0.4, 0.5) is 8.78 Å². The molecule has 0 aliphatic heterocycles. The van der Waals surface area contributed by atoms with Crippen LogP contribution in [0.2, 0.25) is 0 Å². The van der Waals surface area contributed by atoms with E-state index in [0.717, 1.165) is 44.4 Å². The molecule has 2 nitrogen and oxygen atoms in total. The van der Waals surface area contributed by atoms with E-state index >= 15 is 0 Å². The van der Waals surface area contributed by atoms with E-state index in [1.807, 2.05) is 7.05 Å². The summed E-state index contributed by atoms with van der Waals surface area (Å²) in [5, 5.41) is 3.08. The van der Waals surface area contributed by atoms with Crippen LogP contribution in [0.5, 0.6) is 5.75 Å². The van der Waals surface area contributed by atoms with Gasteiger partial charge < -0.3 is 10.1 Å². The van der Waals surface area contributed by atoms with Gasteiger partial charge in [-0.15, -0.1) is 0 Å². The largest absolute Gasteiger partial charge is 0.487 e. The van der Waals surface area contributed by atoms with Crippen LogP contribution in [0.15, 0.2) is 18.2 Å². The Bertz CT molecular complexity index is 391. The smallest absolute Gasteiger partial charge is 0.162 e. The SMILES string of the molecule is CNCCC1(Oc2ccc(F)c(F)c2)CCC1. The van der Waals surface area contributed by atoms with Crippen LogP contribution < -0.4 is 10.1 Å². The van der Waals surface area contributed by atoms with Crippen LogP contribution in [0.25, 0.3) is 0 Å². The second kappa shape index (κ2) is 5.00. The van der Waals surface area contributed by atoms with Crippen LogP contribution in [-0.4, -0.2) is 19.2 Å². The predicted molar refractivity (Wildman–Crippen MR) is 62.1 cm³/mol. The van der Waals surface area contributed by atoms with Gasteiger partial charge in [-0.1, -0.05) is 0 Å². The lowest BCUT2D eigenvalue weighted by atomic mass is 9.77. The van der Waals surface area contributed by atoms with Crippen molar-refractivity contribution in [2.24, 2.45) is 0 Å². The van der Waals surface area contributed by atoms with Crippen molar-refractivity contribution in [2.45, 2.75) is 31.3 Å². The summed E-state index contributed by atoms with van der Waals surface area (Å²) in [7, 11) is 1.89. The van der Waals surface area contributed by atoms with Gasteiger partial charge in [0.15, 0.2) is 11.6 Å². The first-order valence-electron chi connectivity index (χ1n) is 5.94. The Morgan fingerprint density at radius 2 is 2.06 bits per heavy atom. The first kappa shape index (κ1) is 12.3. The zero-order valence-corrected chi connectivity index (χ0v) is 9.93. The van der Waals surface area contributed by atoms with E-state index < -0.39 is 11.6 Å². The maximum Gasteiger partial charge on any atom is 0.162 e. The lowest BCUT2D eigenvalue weighted by molar-refractivity contribution is -0.0141. The van der Waals surface area contributed by atoms with E-state index in [2.05, 4.69) is 5.32 Å². The van der Waals surface area contributed by atoms with Crippen LogP contribution in [0.3, 0.4) is 0 Å². The molecule has 1 aromatic carbocycles. The molecule has 0 aromatic heterocycles. The van der Waals surface area contributed by atoms with Gasteiger partial charge in [0.1, 0.15) is 11.4 Å². The summed E-state index contributed by atoms with van der Waals surface area (Å²) in [6.07, 6.45) is 3.98. The molecule has 17 heavy (non-hydrogen) atoms. The van der Waals surface area contributed by atoms with E-state index in [1.165, 1.54) is 6.07 Å². The minimum atomic E-state index is -0.856. The van der Waals surface area contributed by atoms with Gasteiger partial charge in [-0.05, 0) is 51.4 Å². The van der Waals surface area contributed by atoms with Crippen LogP contribution in [-0.2, 0) is 0 Å². The van der Waals surface area contributed by atoms with Crippen LogP contribution in [0.1, 0.15) is 25.7 Å². The van der Waals surface area contributed by atoms with Gasteiger partial charge in [-0.25, -0.2) is 8.78 Å². The third kappa shape index (κ3) is 2.75. The summed E-state index contributed by atoms with van der Waals surface area (Å²) < 4.78 is 31.7. The van der Waals surface area contributed by atoms with E-state index in [4.69, 9.17) is 4.74 Å². The standard InChI is InChI=1S/C13H17F2NO/c1-16-8-7-13(5-2-6-13)17-10-3-4-11(14)12(15)9-10/h3-4,9,16H,2,5-8H2,1H3. The molecular formula is C13H17F2NO. The molecule has 2 rings (SSSR count). The van der Waals surface area contributed by atoms with E-state index in [0.29, 0.717) is 5.75 Å². The monoisotopic (exact) mass is 241 g/mol. The van der Waals surface area contributed by atoms with Crippen molar-refractivity contribution in [3.05, 3.63) is 29.8 Å². The van der Waals surface area contributed by atoms with E-state index in [1.54, 1.807) is 0 Å². The summed E-state index contributed by atoms with van der Waals surface area (Å²) in [5.41, 5.74) is -0.187. The van der Waals surface area contributed by atoms with Crippen molar-refractivity contribution in [1.82, 2.24) is 5.32 Å². The molecule has 0 atom stereocenters. The number of halogens is 2.